The lowest BCUT2D eigenvalue weighted by Crippen LogP contribution is -2.47. The Balaban J connectivity index is 2.32. The van der Waals surface area contributed by atoms with Gasteiger partial charge in [-0.15, -0.1) is 0 Å². The highest BCUT2D eigenvalue weighted by Crippen LogP contribution is 2.31. The number of nitrogens with zero attached hydrogens (tertiary/aromatic N) is 2. The number of sulfone groups is 1. The average molecular weight is 400 g/mol. The number of hydrogen-bond acceptors (Lipinski definition) is 6. The van der Waals surface area contributed by atoms with Crippen LogP contribution < -0.4 is 5.32 Å². The number of carbonyl (C=O) groups excluding carboxylic acids is 2. The quantitative estimate of drug-likeness (QED) is 0.691. The lowest BCUT2D eigenvalue weighted by molar-refractivity contribution is -0.141. The molecule has 2 amide bonds. The van der Waals surface area contributed by atoms with Gasteiger partial charge in [0.1, 0.15) is 19.2 Å². The van der Waals surface area contributed by atoms with Gasteiger partial charge < -0.3 is 15.0 Å². The van der Waals surface area contributed by atoms with E-state index in [1.807, 2.05) is 0 Å². The number of benzene rings is 1. The van der Waals surface area contributed by atoms with Crippen LogP contribution in [0.25, 0.3) is 0 Å². The molecule has 1 fully saturated rings. The van der Waals surface area contributed by atoms with Crippen molar-refractivity contribution in [3.8, 4) is 6.07 Å². The van der Waals surface area contributed by atoms with Crippen LogP contribution in [-0.2, 0) is 24.2 Å². The van der Waals surface area contributed by atoms with E-state index in [4.69, 9.17) is 21.6 Å². The number of likely N-dealkylation sites (tertiary alicyclic amines) is 1. The van der Waals surface area contributed by atoms with E-state index in [0.717, 1.165) is 0 Å². The summed E-state index contributed by atoms with van der Waals surface area (Å²) in [5.74, 6) is -1.07. The van der Waals surface area contributed by atoms with Gasteiger partial charge in [0.05, 0.1) is 21.2 Å². The van der Waals surface area contributed by atoms with Crippen LogP contribution in [0.5, 0.6) is 0 Å². The van der Waals surface area contributed by atoms with Crippen molar-refractivity contribution in [1.29, 1.82) is 5.26 Å². The SMILES string of the molecule is COCC(=O)N1C[C@H](S(=O)(=O)c2ccccc2Cl)C[C@H]1C(=O)NCC#N. The van der Waals surface area contributed by atoms with Gasteiger partial charge in [-0.25, -0.2) is 8.42 Å². The molecule has 8 nitrogen and oxygen atoms in total. The van der Waals surface area contributed by atoms with E-state index in [9.17, 15) is 18.0 Å². The number of rotatable bonds is 6. The highest BCUT2D eigenvalue weighted by atomic mass is 35.5. The molecule has 1 saturated heterocycles. The van der Waals surface area contributed by atoms with Gasteiger partial charge in [-0.3, -0.25) is 9.59 Å². The Morgan fingerprint density at radius 3 is 2.73 bits per heavy atom. The Morgan fingerprint density at radius 1 is 1.42 bits per heavy atom. The van der Waals surface area contributed by atoms with E-state index < -0.39 is 32.9 Å². The number of carbonyl (C=O) groups is 2. The van der Waals surface area contributed by atoms with Crippen molar-refractivity contribution in [2.75, 3.05) is 26.8 Å². The molecule has 1 N–H and O–H groups in total. The second-order valence-corrected chi connectivity index (χ2v) is 8.31. The number of amides is 2. The maximum Gasteiger partial charge on any atom is 0.249 e. The molecule has 0 unspecified atom stereocenters. The smallest absolute Gasteiger partial charge is 0.249 e. The second kappa shape index (κ2) is 8.49. The number of halogens is 1. The maximum absolute atomic E-state index is 12.9. The Bertz CT molecular complexity index is 837. The van der Waals surface area contributed by atoms with Crippen LogP contribution in [0.2, 0.25) is 5.02 Å². The van der Waals surface area contributed by atoms with Crippen LogP contribution in [0.3, 0.4) is 0 Å². The van der Waals surface area contributed by atoms with E-state index in [-0.39, 0.29) is 36.0 Å². The van der Waals surface area contributed by atoms with Crippen LogP contribution in [0.4, 0.5) is 0 Å². The molecule has 10 heteroatoms. The van der Waals surface area contributed by atoms with E-state index in [0.29, 0.717) is 0 Å². The standard InChI is InChI=1S/C16H18ClN3O5S/c1-25-10-15(21)20-9-11(8-13(20)16(22)19-7-6-18)26(23,24)14-5-3-2-4-12(14)17/h2-5,11,13H,7-10H2,1H3,(H,19,22)/t11-,13+/m1/s1. The highest BCUT2D eigenvalue weighted by molar-refractivity contribution is 7.92. The largest absolute Gasteiger partial charge is 0.375 e. The molecule has 26 heavy (non-hydrogen) atoms. The molecule has 2 atom stereocenters. The zero-order valence-corrected chi connectivity index (χ0v) is 15.6. The number of methoxy groups -OCH3 is 1. The molecular formula is C16H18ClN3O5S. The lowest BCUT2D eigenvalue weighted by atomic mass is 10.2. The van der Waals surface area contributed by atoms with Crippen molar-refractivity contribution >= 4 is 33.3 Å². The molecule has 0 aromatic heterocycles. The normalized spacial score (nSPS) is 19.8. The summed E-state index contributed by atoms with van der Waals surface area (Å²) in [6.45, 7) is -0.662. The van der Waals surface area contributed by atoms with Crippen molar-refractivity contribution in [1.82, 2.24) is 10.2 Å². The number of hydrogen-bond donors (Lipinski definition) is 1. The third kappa shape index (κ3) is 4.15. The molecular weight excluding hydrogens is 382 g/mol. The zero-order valence-electron chi connectivity index (χ0n) is 14.0. The summed E-state index contributed by atoms with van der Waals surface area (Å²) in [6, 6.07) is 6.80. The van der Waals surface area contributed by atoms with Crippen LogP contribution in [-0.4, -0.2) is 63.2 Å². The van der Waals surface area contributed by atoms with Gasteiger partial charge in [0.15, 0.2) is 9.84 Å². The van der Waals surface area contributed by atoms with Crippen LogP contribution in [0, 0.1) is 11.3 Å². The minimum absolute atomic E-state index is 0.0381. The van der Waals surface area contributed by atoms with Gasteiger partial charge in [-0.05, 0) is 18.6 Å². The molecule has 1 aromatic carbocycles. The van der Waals surface area contributed by atoms with Crippen molar-refractivity contribution in [2.24, 2.45) is 0 Å². The first-order valence-electron chi connectivity index (χ1n) is 7.74. The summed E-state index contributed by atoms with van der Waals surface area (Å²) >= 11 is 6.01. The number of ether oxygens (including phenoxy) is 1. The van der Waals surface area contributed by atoms with Crippen LogP contribution in [0.15, 0.2) is 29.2 Å². The van der Waals surface area contributed by atoms with Gasteiger partial charge in [0.25, 0.3) is 0 Å². The van der Waals surface area contributed by atoms with Crippen molar-refractivity contribution in [3.05, 3.63) is 29.3 Å². The molecule has 0 saturated carbocycles. The van der Waals surface area contributed by atoms with Gasteiger partial charge in [-0.2, -0.15) is 5.26 Å². The Kier molecular flexibility index (Phi) is 6.58. The minimum Gasteiger partial charge on any atom is -0.375 e. The minimum atomic E-state index is -3.85. The van der Waals surface area contributed by atoms with E-state index in [1.165, 1.54) is 24.1 Å². The predicted octanol–water partition coefficient (Wildman–Crippen LogP) is 0.369. The topological polar surface area (TPSA) is 117 Å². The number of nitriles is 1. The summed E-state index contributed by atoms with van der Waals surface area (Å²) in [5, 5.41) is 10.1. The van der Waals surface area contributed by atoms with Gasteiger partial charge >= 0.3 is 0 Å². The van der Waals surface area contributed by atoms with Gasteiger partial charge in [-0.1, -0.05) is 23.7 Å². The second-order valence-electron chi connectivity index (χ2n) is 5.70. The first-order chi connectivity index (χ1) is 12.3. The molecule has 0 aliphatic carbocycles. The summed E-state index contributed by atoms with van der Waals surface area (Å²) in [5.41, 5.74) is 0. The summed E-state index contributed by atoms with van der Waals surface area (Å²) in [7, 11) is -2.52. The first-order valence-corrected chi connectivity index (χ1v) is 9.66. The fourth-order valence-electron chi connectivity index (χ4n) is 2.85. The highest BCUT2D eigenvalue weighted by Gasteiger charge is 2.45. The number of nitrogens with one attached hydrogen (secondary N) is 1. The fraction of sp³-hybridized carbons (Fsp3) is 0.438. The predicted molar refractivity (Wildman–Crippen MR) is 93.0 cm³/mol. The van der Waals surface area contributed by atoms with Crippen molar-refractivity contribution in [3.63, 3.8) is 0 Å². The van der Waals surface area contributed by atoms with Crippen molar-refractivity contribution in [2.45, 2.75) is 22.6 Å². The third-order valence-corrected chi connectivity index (χ3v) is 6.71. The Labute approximate surface area is 156 Å². The third-order valence-electron chi connectivity index (χ3n) is 4.08. The van der Waals surface area contributed by atoms with Crippen molar-refractivity contribution < 1.29 is 22.7 Å². The zero-order chi connectivity index (χ0) is 19.3. The summed E-state index contributed by atoms with van der Waals surface area (Å²) in [6.07, 6.45) is -0.0831. The van der Waals surface area contributed by atoms with Crippen LogP contribution in [0.1, 0.15) is 6.42 Å². The molecule has 0 spiro atoms. The van der Waals surface area contributed by atoms with Gasteiger partial charge in [0.2, 0.25) is 11.8 Å². The monoisotopic (exact) mass is 399 g/mol. The maximum atomic E-state index is 12.9. The lowest BCUT2D eigenvalue weighted by Gasteiger charge is -2.23. The molecule has 2 rings (SSSR count). The van der Waals surface area contributed by atoms with E-state index in [2.05, 4.69) is 5.32 Å². The van der Waals surface area contributed by atoms with E-state index >= 15 is 0 Å². The molecule has 0 bridgehead atoms. The molecule has 1 aliphatic heterocycles. The van der Waals surface area contributed by atoms with Gasteiger partial charge in [0, 0.05) is 13.7 Å². The summed E-state index contributed by atoms with van der Waals surface area (Å²) < 4.78 is 30.7. The fourth-order valence-corrected chi connectivity index (χ4v) is 5.07. The molecule has 140 valence electrons. The molecule has 1 aliphatic rings. The van der Waals surface area contributed by atoms with Crippen LogP contribution >= 0.6 is 11.6 Å². The average Bonchev–Trinajstić information content (AvgIpc) is 3.06. The molecule has 1 aromatic rings. The Hall–Kier alpha value is -2.15. The molecule has 1 heterocycles. The first kappa shape index (κ1) is 20.2. The summed E-state index contributed by atoms with van der Waals surface area (Å²) in [4.78, 5) is 25.7. The molecule has 0 radical (unpaired) electrons. The Morgan fingerprint density at radius 2 is 2.12 bits per heavy atom. The van der Waals surface area contributed by atoms with E-state index in [1.54, 1.807) is 18.2 Å².